The Labute approximate surface area is 95.9 Å². The molecule has 0 unspecified atom stereocenters. The molecule has 1 saturated heterocycles. The van der Waals surface area contributed by atoms with Crippen LogP contribution in [0, 0.1) is 6.92 Å². The first kappa shape index (κ1) is 12.2. The van der Waals surface area contributed by atoms with Crippen LogP contribution in [0.1, 0.15) is 18.5 Å². The van der Waals surface area contributed by atoms with Gasteiger partial charge < -0.3 is 10.1 Å². The Morgan fingerprint density at radius 2 is 2.13 bits per heavy atom. The molecule has 0 atom stereocenters. The van der Waals surface area contributed by atoms with Crippen molar-refractivity contribution in [2.75, 3.05) is 13.1 Å². The molecular formula is C10H16ClN3O. The summed E-state index contributed by atoms with van der Waals surface area (Å²) >= 11 is 0. The smallest absolute Gasteiger partial charge is 0.316 e. The van der Waals surface area contributed by atoms with E-state index in [1.54, 1.807) is 6.20 Å². The van der Waals surface area contributed by atoms with E-state index in [1.165, 1.54) is 0 Å². The van der Waals surface area contributed by atoms with Crippen LogP contribution in [0.2, 0.25) is 0 Å². The maximum atomic E-state index is 5.67. The molecule has 2 rings (SSSR count). The molecule has 0 spiro atoms. The van der Waals surface area contributed by atoms with Crippen molar-refractivity contribution < 1.29 is 4.74 Å². The van der Waals surface area contributed by atoms with Crippen LogP contribution in [0.15, 0.2) is 12.3 Å². The normalized spacial score (nSPS) is 16.9. The first-order valence-corrected chi connectivity index (χ1v) is 5.01. The van der Waals surface area contributed by atoms with Gasteiger partial charge in [0.15, 0.2) is 0 Å². The van der Waals surface area contributed by atoms with Crippen molar-refractivity contribution >= 4 is 12.4 Å². The van der Waals surface area contributed by atoms with Crippen molar-refractivity contribution in [3.8, 4) is 6.01 Å². The van der Waals surface area contributed by atoms with E-state index in [2.05, 4.69) is 15.3 Å². The van der Waals surface area contributed by atoms with Crippen LogP contribution in [0.5, 0.6) is 6.01 Å². The van der Waals surface area contributed by atoms with E-state index in [0.29, 0.717) is 6.01 Å². The molecular weight excluding hydrogens is 214 g/mol. The zero-order valence-corrected chi connectivity index (χ0v) is 9.59. The number of rotatable bonds is 2. The van der Waals surface area contributed by atoms with Crippen LogP contribution in [0.25, 0.3) is 0 Å². The van der Waals surface area contributed by atoms with Crippen molar-refractivity contribution in [2.24, 2.45) is 0 Å². The van der Waals surface area contributed by atoms with Gasteiger partial charge in [0.25, 0.3) is 0 Å². The van der Waals surface area contributed by atoms with E-state index >= 15 is 0 Å². The SMILES string of the molecule is Cc1ccnc(OC2CCNCC2)n1.Cl. The van der Waals surface area contributed by atoms with Gasteiger partial charge in [-0.05, 0) is 38.9 Å². The summed E-state index contributed by atoms with van der Waals surface area (Å²) in [5.74, 6) is 0. The minimum Gasteiger partial charge on any atom is -0.460 e. The molecule has 1 aliphatic heterocycles. The minimum atomic E-state index is 0. The molecule has 0 saturated carbocycles. The third kappa shape index (κ3) is 3.64. The van der Waals surface area contributed by atoms with Gasteiger partial charge in [-0.2, -0.15) is 0 Å². The van der Waals surface area contributed by atoms with E-state index < -0.39 is 0 Å². The van der Waals surface area contributed by atoms with Gasteiger partial charge in [-0.25, -0.2) is 9.97 Å². The topological polar surface area (TPSA) is 47.0 Å². The molecule has 84 valence electrons. The molecule has 1 N–H and O–H groups in total. The standard InChI is InChI=1S/C10H15N3O.ClH/c1-8-2-7-12-10(13-8)14-9-3-5-11-6-4-9;/h2,7,9,11H,3-6H2,1H3;1H. The number of aryl methyl sites for hydroxylation is 1. The average molecular weight is 230 g/mol. The summed E-state index contributed by atoms with van der Waals surface area (Å²) in [4.78, 5) is 8.29. The quantitative estimate of drug-likeness (QED) is 0.832. The van der Waals surface area contributed by atoms with E-state index in [1.807, 2.05) is 13.0 Å². The lowest BCUT2D eigenvalue weighted by Gasteiger charge is -2.22. The average Bonchev–Trinajstić information content (AvgIpc) is 2.19. The second kappa shape index (κ2) is 5.88. The van der Waals surface area contributed by atoms with Gasteiger partial charge in [0.05, 0.1) is 0 Å². The second-order valence-corrected chi connectivity index (χ2v) is 3.55. The highest BCUT2D eigenvalue weighted by molar-refractivity contribution is 5.85. The van der Waals surface area contributed by atoms with Gasteiger partial charge in [0.1, 0.15) is 6.10 Å². The maximum absolute atomic E-state index is 5.67. The number of aromatic nitrogens is 2. The largest absolute Gasteiger partial charge is 0.460 e. The van der Waals surface area contributed by atoms with E-state index in [-0.39, 0.29) is 18.5 Å². The zero-order valence-electron chi connectivity index (χ0n) is 8.77. The van der Waals surface area contributed by atoms with Crippen LogP contribution < -0.4 is 10.1 Å². The first-order chi connectivity index (χ1) is 6.84. The molecule has 4 nitrogen and oxygen atoms in total. The maximum Gasteiger partial charge on any atom is 0.316 e. The highest BCUT2D eigenvalue weighted by Gasteiger charge is 2.15. The molecule has 0 aliphatic carbocycles. The Morgan fingerprint density at radius 3 is 2.80 bits per heavy atom. The van der Waals surface area contributed by atoms with Gasteiger partial charge >= 0.3 is 6.01 Å². The second-order valence-electron chi connectivity index (χ2n) is 3.55. The summed E-state index contributed by atoms with van der Waals surface area (Å²) in [5.41, 5.74) is 0.948. The summed E-state index contributed by atoms with van der Waals surface area (Å²) in [6, 6.07) is 2.38. The highest BCUT2D eigenvalue weighted by Crippen LogP contribution is 2.11. The predicted molar refractivity (Wildman–Crippen MR) is 60.5 cm³/mol. The van der Waals surface area contributed by atoms with Crippen molar-refractivity contribution in [2.45, 2.75) is 25.9 Å². The molecule has 2 heterocycles. The molecule has 0 bridgehead atoms. The Bertz CT molecular complexity index is 302. The van der Waals surface area contributed by atoms with E-state index in [9.17, 15) is 0 Å². The number of ether oxygens (including phenoxy) is 1. The van der Waals surface area contributed by atoms with Gasteiger partial charge in [-0.15, -0.1) is 12.4 Å². The Balaban J connectivity index is 0.00000112. The molecule has 1 aliphatic rings. The van der Waals surface area contributed by atoms with Crippen molar-refractivity contribution in [1.29, 1.82) is 0 Å². The van der Waals surface area contributed by atoms with Crippen molar-refractivity contribution in [3.63, 3.8) is 0 Å². The summed E-state index contributed by atoms with van der Waals surface area (Å²) in [6.07, 6.45) is 4.09. The molecule has 0 aromatic carbocycles. The molecule has 15 heavy (non-hydrogen) atoms. The van der Waals surface area contributed by atoms with E-state index in [4.69, 9.17) is 4.74 Å². The number of hydrogen-bond donors (Lipinski definition) is 1. The van der Waals surface area contributed by atoms with Gasteiger partial charge in [0, 0.05) is 11.9 Å². The van der Waals surface area contributed by atoms with Gasteiger partial charge in [-0.3, -0.25) is 0 Å². The number of nitrogens with zero attached hydrogens (tertiary/aromatic N) is 2. The predicted octanol–water partition coefficient (Wildman–Crippen LogP) is 1.34. The third-order valence-electron chi connectivity index (χ3n) is 2.33. The first-order valence-electron chi connectivity index (χ1n) is 5.01. The van der Waals surface area contributed by atoms with Crippen LogP contribution >= 0.6 is 12.4 Å². The number of hydrogen-bond acceptors (Lipinski definition) is 4. The molecule has 1 aromatic rings. The van der Waals surface area contributed by atoms with Crippen LogP contribution in [-0.2, 0) is 0 Å². The lowest BCUT2D eigenvalue weighted by atomic mass is 10.1. The minimum absolute atomic E-state index is 0. The van der Waals surface area contributed by atoms with Crippen LogP contribution in [0.3, 0.4) is 0 Å². The van der Waals surface area contributed by atoms with Crippen molar-refractivity contribution in [1.82, 2.24) is 15.3 Å². The number of nitrogens with one attached hydrogen (secondary N) is 1. The molecule has 0 radical (unpaired) electrons. The molecule has 1 aromatic heterocycles. The zero-order chi connectivity index (χ0) is 9.80. The Hall–Kier alpha value is -0.870. The van der Waals surface area contributed by atoms with Crippen LogP contribution in [-0.4, -0.2) is 29.2 Å². The fraction of sp³-hybridized carbons (Fsp3) is 0.600. The highest BCUT2D eigenvalue weighted by atomic mass is 35.5. The Morgan fingerprint density at radius 1 is 1.40 bits per heavy atom. The Kier molecular flexibility index (Phi) is 4.78. The molecule has 5 heteroatoms. The number of piperidine rings is 1. The van der Waals surface area contributed by atoms with Crippen LogP contribution in [0.4, 0.5) is 0 Å². The third-order valence-corrected chi connectivity index (χ3v) is 2.33. The summed E-state index contributed by atoms with van der Waals surface area (Å²) in [6.45, 7) is 3.99. The lowest BCUT2D eigenvalue weighted by molar-refractivity contribution is 0.148. The fourth-order valence-corrected chi connectivity index (χ4v) is 1.55. The summed E-state index contributed by atoms with van der Waals surface area (Å²) in [7, 11) is 0. The summed E-state index contributed by atoms with van der Waals surface area (Å²) < 4.78 is 5.67. The van der Waals surface area contributed by atoms with Gasteiger partial charge in [-0.1, -0.05) is 0 Å². The van der Waals surface area contributed by atoms with Crippen molar-refractivity contribution in [3.05, 3.63) is 18.0 Å². The number of halogens is 1. The molecule has 0 amide bonds. The molecule has 1 fully saturated rings. The van der Waals surface area contributed by atoms with E-state index in [0.717, 1.165) is 31.6 Å². The lowest BCUT2D eigenvalue weighted by Crippen LogP contribution is -2.34. The monoisotopic (exact) mass is 229 g/mol. The summed E-state index contributed by atoms with van der Waals surface area (Å²) in [5, 5.41) is 3.29. The fourth-order valence-electron chi connectivity index (χ4n) is 1.55. The van der Waals surface area contributed by atoms with Gasteiger partial charge in [0.2, 0.25) is 0 Å².